The Labute approximate surface area is 110 Å². The molecule has 1 aromatic rings. The molecule has 19 heavy (non-hydrogen) atoms. The van der Waals surface area contributed by atoms with Gasteiger partial charge in [0, 0.05) is 29.9 Å². The number of hydrogen-bond donors (Lipinski definition) is 4. The van der Waals surface area contributed by atoms with Gasteiger partial charge in [-0.1, -0.05) is 0 Å². The molecule has 0 aliphatic carbocycles. The van der Waals surface area contributed by atoms with Crippen molar-refractivity contribution in [2.75, 3.05) is 16.8 Å². The van der Waals surface area contributed by atoms with Gasteiger partial charge >= 0.3 is 6.03 Å². The summed E-state index contributed by atoms with van der Waals surface area (Å²) in [5.41, 5.74) is 0.218. The van der Waals surface area contributed by atoms with E-state index in [0.29, 0.717) is 6.42 Å². The van der Waals surface area contributed by atoms with Crippen LogP contribution in [0.15, 0.2) is 18.2 Å². The molecule has 1 heterocycles. The van der Waals surface area contributed by atoms with Gasteiger partial charge < -0.3 is 20.8 Å². The van der Waals surface area contributed by atoms with E-state index in [1.165, 1.54) is 12.1 Å². The first kappa shape index (κ1) is 13.5. The number of anilines is 1. The lowest BCUT2D eigenvalue weighted by Gasteiger charge is -2.12. The van der Waals surface area contributed by atoms with Gasteiger partial charge in [0.1, 0.15) is 11.5 Å². The second-order valence-corrected chi connectivity index (χ2v) is 6.67. The number of benzene rings is 1. The number of hydrogen-bond acceptors (Lipinski definition) is 5. The highest BCUT2D eigenvalue weighted by molar-refractivity contribution is 7.91. The molecule has 7 nitrogen and oxygen atoms in total. The molecule has 1 unspecified atom stereocenters. The molecule has 0 bridgehead atoms. The van der Waals surface area contributed by atoms with Crippen molar-refractivity contribution in [1.29, 1.82) is 0 Å². The Morgan fingerprint density at radius 3 is 2.37 bits per heavy atom. The first-order chi connectivity index (χ1) is 8.84. The fraction of sp³-hybridized carbons (Fsp3) is 0.364. The number of sulfone groups is 1. The number of nitrogens with one attached hydrogen (secondary N) is 2. The van der Waals surface area contributed by atoms with Crippen molar-refractivity contribution in [3.05, 3.63) is 18.2 Å². The summed E-state index contributed by atoms with van der Waals surface area (Å²) in [7, 11) is -3.05. The van der Waals surface area contributed by atoms with E-state index in [-0.39, 0.29) is 28.7 Å². The third kappa shape index (κ3) is 3.75. The topological polar surface area (TPSA) is 116 Å². The van der Waals surface area contributed by atoms with Gasteiger partial charge in [0.05, 0.1) is 11.5 Å². The summed E-state index contributed by atoms with van der Waals surface area (Å²) in [5.74, 6) is -0.353. The van der Waals surface area contributed by atoms with E-state index in [2.05, 4.69) is 10.6 Å². The van der Waals surface area contributed by atoms with Gasteiger partial charge in [0.25, 0.3) is 0 Å². The van der Waals surface area contributed by atoms with Gasteiger partial charge in [-0.3, -0.25) is 0 Å². The molecule has 8 heteroatoms. The van der Waals surface area contributed by atoms with E-state index in [0.717, 1.165) is 6.07 Å². The van der Waals surface area contributed by atoms with Gasteiger partial charge in [0.15, 0.2) is 9.84 Å². The van der Waals surface area contributed by atoms with Crippen LogP contribution in [0.1, 0.15) is 6.42 Å². The molecule has 2 rings (SSSR count). The molecule has 0 radical (unpaired) electrons. The van der Waals surface area contributed by atoms with Crippen molar-refractivity contribution in [1.82, 2.24) is 5.32 Å². The zero-order chi connectivity index (χ0) is 14.0. The van der Waals surface area contributed by atoms with E-state index in [4.69, 9.17) is 0 Å². The standard InChI is InChI=1S/C11H14N2O5S/c14-9-3-8(4-10(15)5-9)13-11(16)12-7-1-2-19(17,18)6-7/h3-5,7,14-15H,1-2,6H2,(H2,12,13,16). The van der Waals surface area contributed by atoms with Gasteiger partial charge in [0.2, 0.25) is 0 Å². The van der Waals surface area contributed by atoms with Crippen LogP contribution in [-0.4, -0.2) is 42.2 Å². The molecule has 0 spiro atoms. The smallest absolute Gasteiger partial charge is 0.319 e. The third-order valence-electron chi connectivity index (χ3n) is 2.73. The Morgan fingerprint density at radius 1 is 1.21 bits per heavy atom. The van der Waals surface area contributed by atoms with E-state index in [9.17, 15) is 23.4 Å². The van der Waals surface area contributed by atoms with Gasteiger partial charge in [-0.25, -0.2) is 13.2 Å². The van der Waals surface area contributed by atoms with E-state index < -0.39 is 21.9 Å². The van der Waals surface area contributed by atoms with Crippen LogP contribution in [0.25, 0.3) is 0 Å². The molecule has 2 amide bonds. The normalized spacial score (nSPS) is 20.9. The highest BCUT2D eigenvalue weighted by Gasteiger charge is 2.28. The Morgan fingerprint density at radius 2 is 1.84 bits per heavy atom. The lowest BCUT2D eigenvalue weighted by Crippen LogP contribution is -2.38. The van der Waals surface area contributed by atoms with E-state index >= 15 is 0 Å². The second-order valence-electron chi connectivity index (χ2n) is 4.44. The maximum Gasteiger partial charge on any atom is 0.319 e. The van der Waals surface area contributed by atoms with Crippen LogP contribution in [0, 0.1) is 0 Å². The number of carbonyl (C=O) groups excluding carboxylic acids is 1. The van der Waals surface area contributed by atoms with Crippen molar-refractivity contribution < 1.29 is 23.4 Å². The molecule has 0 aromatic heterocycles. The van der Waals surface area contributed by atoms with Crippen molar-refractivity contribution in [3.8, 4) is 11.5 Å². The number of aromatic hydroxyl groups is 2. The van der Waals surface area contributed by atoms with Crippen molar-refractivity contribution in [2.24, 2.45) is 0 Å². The van der Waals surface area contributed by atoms with Gasteiger partial charge in [-0.2, -0.15) is 0 Å². The minimum atomic E-state index is -3.05. The Balaban J connectivity index is 1.95. The minimum Gasteiger partial charge on any atom is -0.508 e. The maximum absolute atomic E-state index is 11.6. The highest BCUT2D eigenvalue weighted by Crippen LogP contribution is 2.23. The molecule has 1 aromatic carbocycles. The van der Waals surface area contributed by atoms with Gasteiger partial charge in [-0.05, 0) is 6.42 Å². The zero-order valence-electron chi connectivity index (χ0n) is 9.96. The average molecular weight is 286 g/mol. The SMILES string of the molecule is O=C(Nc1cc(O)cc(O)c1)NC1CCS(=O)(=O)C1. The minimum absolute atomic E-state index is 0.0638. The molecular weight excluding hydrogens is 272 g/mol. The summed E-state index contributed by atoms with van der Waals surface area (Å²) < 4.78 is 22.5. The molecule has 0 saturated carbocycles. The average Bonchev–Trinajstić information content (AvgIpc) is 2.55. The third-order valence-corrected chi connectivity index (χ3v) is 4.50. The Bertz CT molecular complexity index is 579. The summed E-state index contributed by atoms with van der Waals surface area (Å²) >= 11 is 0. The fourth-order valence-electron chi connectivity index (χ4n) is 1.93. The molecule has 104 valence electrons. The Hall–Kier alpha value is -1.96. The second kappa shape index (κ2) is 4.96. The summed E-state index contributed by atoms with van der Waals surface area (Å²) in [6.45, 7) is 0. The molecule has 1 aliphatic heterocycles. The quantitative estimate of drug-likeness (QED) is 0.628. The monoisotopic (exact) mass is 286 g/mol. The number of rotatable bonds is 2. The lowest BCUT2D eigenvalue weighted by molar-refractivity contribution is 0.249. The lowest BCUT2D eigenvalue weighted by atomic mass is 10.2. The largest absolute Gasteiger partial charge is 0.508 e. The summed E-state index contributed by atoms with van der Waals surface area (Å²) in [5, 5.41) is 23.4. The molecule has 4 N–H and O–H groups in total. The fourth-order valence-corrected chi connectivity index (χ4v) is 3.60. The summed E-state index contributed by atoms with van der Waals surface area (Å²) in [4.78, 5) is 11.6. The summed E-state index contributed by atoms with van der Waals surface area (Å²) in [6, 6.07) is 2.69. The zero-order valence-corrected chi connectivity index (χ0v) is 10.8. The molecule has 1 saturated heterocycles. The van der Waals surface area contributed by atoms with Crippen LogP contribution in [-0.2, 0) is 9.84 Å². The predicted molar refractivity (Wildman–Crippen MR) is 69.0 cm³/mol. The van der Waals surface area contributed by atoms with Crippen LogP contribution < -0.4 is 10.6 Å². The van der Waals surface area contributed by atoms with Crippen LogP contribution in [0.2, 0.25) is 0 Å². The summed E-state index contributed by atoms with van der Waals surface area (Å²) in [6.07, 6.45) is 0.390. The number of amides is 2. The van der Waals surface area contributed by atoms with Crippen LogP contribution in [0.3, 0.4) is 0 Å². The molecule has 1 aliphatic rings. The number of phenols is 2. The molecule has 1 atom stereocenters. The predicted octanol–water partition coefficient (Wildman–Crippen LogP) is 0.406. The number of carbonyl (C=O) groups is 1. The van der Waals surface area contributed by atoms with Crippen LogP contribution in [0.4, 0.5) is 10.5 Å². The van der Waals surface area contributed by atoms with Gasteiger partial charge in [-0.15, -0.1) is 0 Å². The van der Waals surface area contributed by atoms with Crippen molar-refractivity contribution >= 4 is 21.6 Å². The number of urea groups is 1. The van der Waals surface area contributed by atoms with Crippen molar-refractivity contribution in [2.45, 2.75) is 12.5 Å². The van der Waals surface area contributed by atoms with E-state index in [1.54, 1.807) is 0 Å². The van der Waals surface area contributed by atoms with E-state index in [1.807, 2.05) is 0 Å². The van der Waals surface area contributed by atoms with Crippen LogP contribution in [0.5, 0.6) is 11.5 Å². The Kier molecular flexibility index (Phi) is 3.52. The van der Waals surface area contributed by atoms with Crippen LogP contribution >= 0.6 is 0 Å². The highest BCUT2D eigenvalue weighted by atomic mass is 32.2. The maximum atomic E-state index is 11.6. The molecular formula is C11H14N2O5S. The number of phenolic OH excluding ortho intramolecular Hbond substituents is 2. The molecule has 1 fully saturated rings. The van der Waals surface area contributed by atoms with Crippen molar-refractivity contribution in [3.63, 3.8) is 0 Å². The first-order valence-electron chi connectivity index (χ1n) is 5.65. The first-order valence-corrected chi connectivity index (χ1v) is 7.47.